The molecule has 0 fully saturated rings. The predicted octanol–water partition coefficient (Wildman–Crippen LogP) is 10.4. The molecule has 4 heteroatoms. The number of hydrogen-bond donors (Lipinski definition) is 1. The number of anilines is 1. The first-order valence-electron chi connectivity index (χ1n) is 17.9. The summed E-state index contributed by atoms with van der Waals surface area (Å²) in [4.78, 5) is 13.2. The molecule has 4 aromatic carbocycles. The van der Waals surface area contributed by atoms with Crippen LogP contribution in [0.3, 0.4) is 0 Å². The van der Waals surface area contributed by atoms with E-state index in [9.17, 15) is 4.79 Å². The molecule has 0 amide bonds. The minimum absolute atomic E-state index is 0.0496. The number of fused-ring (bicyclic) bond motifs is 6. The van der Waals surface area contributed by atoms with Crippen molar-refractivity contribution < 1.29 is 4.79 Å². The van der Waals surface area contributed by atoms with Gasteiger partial charge in [0.25, 0.3) is 0 Å². The minimum atomic E-state index is -0.0671. The van der Waals surface area contributed by atoms with Gasteiger partial charge >= 0.3 is 0 Å². The van der Waals surface area contributed by atoms with Gasteiger partial charge in [0, 0.05) is 36.4 Å². The lowest BCUT2D eigenvalue weighted by Crippen LogP contribution is -2.30. The van der Waals surface area contributed by atoms with Crippen LogP contribution in [-0.4, -0.2) is 11.2 Å². The summed E-state index contributed by atoms with van der Waals surface area (Å²) in [5.41, 5.74) is 16.8. The van der Waals surface area contributed by atoms with Gasteiger partial charge in [0.1, 0.15) is 0 Å². The molecule has 0 saturated heterocycles. The van der Waals surface area contributed by atoms with E-state index in [4.69, 9.17) is 0 Å². The van der Waals surface area contributed by atoms with Gasteiger partial charge in [-0.3, -0.25) is 4.79 Å². The number of rotatable bonds is 4. The normalized spacial score (nSPS) is 22.1. The van der Waals surface area contributed by atoms with Gasteiger partial charge in [-0.15, -0.1) is 11.3 Å². The molecule has 1 aromatic heterocycles. The first kappa shape index (κ1) is 32.3. The Bertz CT molecular complexity index is 2520. The SMILES string of the molecule is CC1=CC(=O)S/C1=c1\s/c(=C/c2ccc(C3C=C4C(=CC3Nc3ccc5c(c3)C(C)(C)c3ccccc3-5)C(C)(C)c3ccccc34)cc2)cc1C. The van der Waals surface area contributed by atoms with E-state index in [0.29, 0.717) is 0 Å². The molecule has 2 nitrogen and oxygen atoms in total. The van der Waals surface area contributed by atoms with Gasteiger partial charge in [-0.1, -0.05) is 119 Å². The molecular formula is C47H41NOS2. The number of carbonyl (C=O) groups excluding carboxylic acids is 1. The highest BCUT2D eigenvalue weighted by molar-refractivity contribution is 8.22. The second-order valence-corrected chi connectivity index (χ2v) is 17.6. The van der Waals surface area contributed by atoms with E-state index in [1.807, 2.05) is 6.92 Å². The predicted molar refractivity (Wildman–Crippen MR) is 218 cm³/mol. The van der Waals surface area contributed by atoms with E-state index in [1.54, 1.807) is 17.4 Å². The van der Waals surface area contributed by atoms with E-state index in [1.165, 1.54) is 82.0 Å². The number of aryl methyl sites for hydroxylation is 1. The van der Waals surface area contributed by atoms with Gasteiger partial charge in [-0.05, 0) is 123 Å². The third-order valence-corrected chi connectivity index (χ3v) is 13.9. The van der Waals surface area contributed by atoms with Crippen molar-refractivity contribution in [3.05, 3.63) is 174 Å². The van der Waals surface area contributed by atoms with Crippen molar-refractivity contribution in [3.8, 4) is 11.1 Å². The van der Waals surface area contributed by atoms with Crippen LogP contribution in [0.25, 0.3) is 27.7 Å². The molecule has 2 unspecified atom stereocenters. The molecule has 1 aliphatic heterocycles. The fourth-order valence-electron chi connectivity index (χ4n) is 8.82. The quantitative estimate of drug-likeness (QED) is 0.203. The number of benzene rings is 4. The molecule has 252 valence electrons. The highest BCUT2D eigenvalue weighted by atomic mass is 32.2. The summed E-state index contributed by atoms with van der Waals surface area (Å²) in [5, 5.41) is 4.16. The minimum Gasteiger partial charge on any atom is -0.378 e. The van der Waals surface area contributed by atoms with Crippen LogP contribution in [0.15, 0.2) is 126 Å². The van der Waals surface area contributed by atoms with Crippen LogP contribution in [0.4, 0.5) is 5.69 Å². The fourth-order valence-corrected chi connectivity index (χ4v) is 11.1. The second-order valence-electron chi connectivity index (χ2n) is 15.5. The highest BCUT2D eigenvalue weighted by Gasteiger charge is 2.42. The lowest BCUT2D eigenvalue weighted by atomic mass is 9.76. The van der Waals surface area contributed by atoms with Crippen molar-refractivity contribution >= 4 is 50.5 Å². The lowest BCUT2D eigenvalue weighted by Gasteiger charge is -2.33. The zero-order valence-electron chi connectivity index (χ0n) is 29.9. The van der Waals surface area contributed by atoms with Crippen LogP contribution in [0.1, 0.15) is 79.5 Å². The summed E-state index contributed by atoms with van der Waals surface area (Å²) in [6.45, 7) is 13.6. The summed E-state index contributed by atoms with van der Waals surface area (Å²) in [6, 6.07) is 36.2. The molecule has 0 radical (unpaired) electrons. The average molecular weight is 700 g/mol. The molecule has 3 aliphatic carbocycles. The Balaban J connectivity index is 1.09. The molecule has 4 aliphatic rings. The molecule has 0 bridgehead atoms. The number of thioether (sulfide) groups is 1. The van der Waals surface area contributed by atoms with E-state index in [-0.39, 0.29) is 27.9 Å². The van der Waals surface area contributed by atoms with Crippen molar-refractivity contribution in [1.82, 2.24) is 0 Å². The number of allylic oxidation sites excluding steroid dienone is 2. The Labute approximate surface area is 309 Å². The van der Waals surface area contributed by atoms with E-state index < -0.39 is 0 Å². The molecule has 2 atom stereocenters. The number of nitrogens with one attached hydrogen (secondary N) is 1. The Hall–Kier alpha value is -4.64. The summed E-state index contributed by atoms with van der Waals surface area (Å²) in [6.07, 6.45) is 9.05. The Kier molecular flexibility index (Phi) is 7.40. The topological polar surface area (TPSA) is 29.1 Å². The highest BCUT2D eigenvalue weighted by Crippen LogP contribution is 2.54. The van der Waals surface area contributed by atoms with Crippen molar-refractivity contribution in [2.75, 3.05) is 5.32 Å². The van der Waals surface area contributed by atoms with Gasteiger partial charge in [-0.2, -0.15) is 0 Å². The average Bonchev–Trinajstić information content (AvgIpc) is 3.79. The van der Waals surface area contributed by atoms with Crippen LogP contribution in [-0.2, 0) is 15.6 Å². The van der Waals surface area contributed by atoms with Crippen LogP contribution in [0, 0.1) is 6.92 Å². The van der Waals surface area contributed by atoms with Gasteiger partial charge < -0.3 is 5.32 Å². The first-order chi connectivity index (χ1) is 24.5. The number of hydrogen-bond acceptors (Lipinski definition) is 4. The third-order valence-electron chi connectivity index (χ3n) is 11.5. The zero-order valence-corrected chi connectivity index (χ0v) is 31.6. The lowest BCUT2D eigenvalue weighted by molar-refractivity contribution is -0.106. The van der Waals surface area contributed by atoms with Crippen molar-refractivity contribution in [2.45, 2.75) is 64.3 Å². The molecule has 2 heterocycles. The van der Waals surface area contributed by atoms with E-state index in [2.05, 4.69) is 155 Å². The molecule has 0 spiro atoms. The maximum absolute atomic E-state index is 12.1. The van der Waals surface area contributed by atoms with E-state index >= 15 is 0 Å². The van der Waals surface area contributed by atoms with Gasteiger partial charge in [0.05, 0.1) is 6.04 Å². The molecule has 5 aromatic rings. The number of carbonyl (C=O) groups is 1. The zero-order chi connectivity index (χ0) is 35.2. The number of thiophene rings is 1. The Morgan fingerprint density at radius 2 is 1.41 bits per heavy atom. The van der Waals surface area contributed by atoms with Gasteiger partial charge in [0.2, 0.25) is 5.12 Å². The Morgan fingerprint density at radius 1 is 0.725 bits per heavy atom. The molecule has 9 rings (SSSR count). The molecule has 1 N–H and O–H groups in total. The second kappa shape index (κ2) is 11.7. The first-order valence-corrected chi connectivity index (χ1v) is 19.5. The van der Waals surface area contributed by atoms with E-state index in [0.717, 1.165) is 16.2 Å². The summed E-state index contributed by atoms with van der Waals surface area (Å²) >= 11 is 3.11. The Morgan fingerprint density at radius 3 is 2.14 bits per heavy atom. The standard InChI is InChI=1S/C47H41NOS2/c1-27-21-32(50-44(27)45-28(2)22-43(49)51-45)23-29-15-17-30(18-16-29)36-25-37-34-12-8-10-14-39(34)47(5,6)41(37)26-42(36)48-31-19-20-35-33-11-7-9-13-38(33)46(3,4)40(35)24-31/h7-26,36,42,48H,1-6H3/b32-23+,45-44-. The van der Waals surface area contributed by atoms with Crippen LogP contribution < -0.4 is 14.4 Å². The maximum Gasteiger partial charge on any atom is 0.217 e. The van der Waals surface area contributed by atoms with Gasteiger partial charge in [0.15, 0.2) is 0 Å². The third kappa shape index (κ3) is 5.18. The van der Waals surface area contributed by atoms with Crippen molar-refractivity contribution in [3.63, 3.8) is 0 Å². The van der Waals surface area contributed by atoms with Gasteiger partial charge in [-0.25, -0.2) is 0 Å². The van der Waals surface area contributed by atoms with Crippen LogP contribution in [0.2, 0.25) is 0 Å². The molecule has 0 saturated carbocycles. The molecule has 51 heavy (non-hydrogen) atoms. The van der Waals surface area contributed by atoms with Crippen molar-refractivity contribution in [1.29, 1.82) is 0 Å². The summed E-state index contributed by atoms with van der Waals surface area (Å²) in [5.74, 6) is 0.150. The van der Waals surface area contributed by atoms with Crippen molar-refractivity contribution in [2.24, 2.45) is 0 Å². The monoisotopic (exact) mass is 699 g/mol. The van der Waals surface area contributed by atoms with Crippen LogP contribution >= 0.6 is 23.1 Å². The van der Waals surface area contributed by atoms with Crippen LogP contribution in [0.5, 0.6) is 0 Å². The maximum atomic E-state index is 12.1. The summed E-state index contributed by atoms with van der Waals surface area (Å²) < 4.78 is 2.40. The smallest absolute Gasteiger partial charge is 0.217 e. The largest absolute Gasteiger partial charge is 0.378 e. The summed E-state index contributed by atoms with van der Waals surface area (Å²) in [7, 11) is 0. The fraction of sp³-hybridized carbons (Fsp3) is 0.213. The molecular weight excluding hydrogens is 659 g/mol.